The molecule has 0 atom stereocenters. The monoisotopic (exact) mass is 131 g/mol. The third kappa shape index (κ3) is 7.92. The second-order valence-corrected chi connectivity index (χ2v) is 1.93. The lowest BCUT2D eigenvalue weighted by molar-refractivity contribution is 0.147. The summed E-state index contributed by atoms with van der Waals surface area (Å²) in [5.74, 6) is 0. The van der Waals surface area contributed by atoms with Gasteiger partial charge in [0.05, 0.1) is 6.61 Å². The van der Waals surface area contributed by atoms with Crippen LogP contribution in [0.15, 0.2) is 0 Å². The molecule has 0 fully saturated rings. The van der Waals surface area contributed by atoms with E-state index < -0.39 is 0 Å². The van der Waals surface area contributed by atoms with Crippen LogP contribution in [0.1, 0.15) is 26.2 Å². The van der Waals surface area contributed by atoms with E-state index in [9.17, 15) is 0 Å². The molecule has 0 aromatic heterocycles. The first kappa shape index (κ1) is 8.92. The highest BCUT2D eigenvalue weighted by Crippen LogP contribution is 1.94. The third-order valence-electron chi connectivity index (χ3n) is 1.06. The molecule has 1 N–H and O–H groups in total. The van der Waals surface area contributed by atoms with Crippen molar-refractivity contribution in [1.29, 1.82) is 0 Å². The maximum absolute atomic E-state index is 8.24. The van der Waals surface area contributed by atoms with Gasteiger partial charge in [0.1, 0.15) is 6.61 Å². The Morgan fingerprint density at radius 1 is 1.44 bits per heavy atom. The number of aliphatic hydroxyl groups excluding tert-OH is 1. The predicted molar refractivity (Wildman–Crippen MR) is 36.9 cm³/mol. The zero-order chi connectivity index (χ0) is 6.95. The summed E-state index contributed by atoms with van der Waals surface area (Å²) in [7, 11) is 0. The van der Waals surface area contributed by atoms with Gasteiger partial charge in [-0.25, -0.2) is 0 Å². The van der Waals surface area contributed by atoms with E-state index in [4.69, 9.17) is 9.84 Å². The summed E-state index contributed by atoms with van der Waals surface area (Å²) in [4.78, 5) is 0. The Hall–Kier alpha value is -0.0800. The number of ether oxygens (including phenoxy) is 1. The first-order valence-electron chi connectivity index (χ1n) is 3.46. The van der Waals surface area contributed by atoms with Crippen molar-refractivity contribution in [3.8, 4) is 0 Å². The maximum Gasteiger partial charge on any atom is 0.109 e. The van der Waals surface area contributed by atoms with Crippen molar-refractivity contribution in [3.05, 3.63) is 6.61 Å². The minimum Gasteiger partial charge on any atom is -0.394 e. The summed E-state index contributed by atoms with van der Waals surface area (Å²) in [6.45, 7) is 4.34. The molecule has 55 valence electrons. The molecular weight excluding hydrogens is 116 g/mol. The minimum absolute atomic E-state index is 0.0200. The van der Waals surface area contributed by atoms with Crippen LogP contribution in [-0.2, 0) is 4.74 Å². The normalized spacial score (nSPS) is 10.0. The van der Waals surface area contributed by atoms with Crippen LogP contribution < -0.4 is 0 Å². The smallest absolute Gasteiger partial charge is 0.109 e. The Morgan fingerprint density at radius 3 is 2.78 bits per heavy atom. The summed E-state index contributed by atoms with van der Waals surface area (Å²) in [5.41, 5.74) is 0. The molecule has 0 aromatic rings. The summed E-state index contributed by atoms with van der Waals surface area (Å²) >= 11 is 0. The van der Waals surface area contributed by atoms with E-state index in [-0.39, 0.29) is 6.61 Å². The lowest BCUT2D eigenvalue weighted by Gasteiger charge is -1.98. The van der Waals surface area contributed by atoms with Crippen LogP contribution in [0.5, 0.6) is 0 Å². The van der Waals surface area contributed by atoms with E-state index in [1.165, 1.54) is 19.4 Å². The molecule has 2 nitrogen and oxygen atoms in total. The molecule has 1 radical (unpaired) electrons. The Bertz CT molecular complexity index is 40.2. The zero-order valence-corrected chi connectivity index (χ0v) is 5.97. The molecule has 0 aromatic carbocycles. The van der Waals surface area contributed by atoms with Gasteiger partial charge in [-0.3, -0.25) is 0 Å². The van der Waals surface area contributed by atoms with Crippen molar-refractivity contribution in [2.75, 3.05) is 13.2 Å². The van der Waals surface area contributed by atoms with E-state index in [1.807, 2.05) is 0 Å². The Balaban J connectivity index is 2.60. The molecule has 2 heteroatoms. The molecular formula is C7H15O2. The van der Waals surface area contributed by atoms with Crippen LogP contribution >= 0.6 is 0 Å². The van der Waals surface area contributed by atoms with Gasteiger partial charge in [-0.1, -0.05) is 19.8 Å². The molecule has 0 aliphatic heterocycles. The van der Waals surface area contributed by atoms with Crippen LogP contribution in [0.2, 0.25) is 0 Å². The number of rotatable bonds is 6. The van der Waals surface area contributed by atoms with Crippen LogP contribution in [0.3, 0.4) is 0 Å². The molecule has 9 heavy (non-hydrogen) atoms. The highest BCUT2D eigenvalue weighted by atomic mass is 16.5. The lowest BCUT2D eigenvalue weighted by Crippen LogP contribution is -1.94. The highest BCUT2D eigenvalue weighted by molar-refractivity contribution is 4.44. The molecule has 0 amide bonds. The molecule has 0 unspecified atom stereocenters. The molecule has 0 aliphatic rings. The van der Waals surface area contributed by atoms with Gasteiger partial charge in [0.2, 0.25) is 0 Å². The van der Waals surface area contributed by atoms with Crippen LogP contribution in [0.4, 0.5) is 0 Å². The summed E-state index contributed by atoms with van der Waals surface area (Å²) < 4.78 is 4.91. The molecule has 0 bridgehead atoms. The van der Waals surface area contributed by atoms with Gasteiger partial charge in [-0.15, -0.1) is 0 Å². The first-order chi connectivity index (χ1) is 4.41. The topological polar surface area (TPSA) is 29.5 Å². The molecule has 0 rings (SSSR count). The quantitative estimate of drug-likeness (QED) is 0.551. The van der Waals surface area contributed by atoms with Gasteiger partial charge >= 0.3 is 0 Å². The lowest BCUT2D eigenvalue weighted by atomic mass is 10.3. The second-order valence-electron chi connectivity index (χ2n) is 1.93. The molecule has 0 saturated heterocycles. The SMILES string of the molecule is CCCCCO[CH]CO. The Morgan fingerprint density at radius 2 is 2.22 bits per heavy atom. The van der Waals surface area contributed by atoms with Gasteiger partial charge in [-0.2, -0.15) is 0 Å². The maximum atomic E-state index is 8.24. The number of hydrogen-bond acceptors (Lipinski definition) is 2. The summed E-state index contributed by atoms with van der Waals surface area (Å²) in [5, 5.41) is 8.24. The molecule has 0 heterocycles. The second kappa shape index (κ2) is 7.92. The summed E-state index contributed by atoms with van der Waals surface area (Å²) in [6, 6.07) is 0. The fraction of sp³-hybridized carbons (Fsp3) is 0.857. The fourth-order valence-corrected chi connectivity index (χ4v) is 0.571. The van der Waals surface area contributed by atoms with E-state index in [0.29, 0.717) is 0 Å². The van der Waals surface area contributed by atoms with E-state index in [2.05, 4.69) is 6.92 Å². The van der Waals surface area contributed by atoms with Gasteiger partial charge < -0.3 is 9.84 Å². The van der Waals surface area contributed by atoms with Crippen molar-refractivity contribution in [3.63, 3.8) is 0 Å². The van der Waals surface area contributed by atoms with Crippen molar-refractivity contribution in [2.45, 2.75) is 26.2 Å². The minimum atomic E-state index is 0.0200. The van der Waals surface area contributed by atoms with Crippen molar-refractivity contribution in [2.24, 2.45) is 0 Å². The standard InChI is InChI=1S/C7H15O2/c1-2-3-4-6-9-7-5-8/h7-8H,2-6H2,1H3. The van der Waals surface area contributed by atoms with E-state index >= 15 is 0 Å². The van der Waals surface area contributed by atoms with Gasteiger partial charge in [0.15, 0.2) is 0 Å². The molecule has 0 spiro atoms. The Kier molecular flexibility index (Phi) is 7.85. The molecule has 0 saturated carbocycles. The van der Waals surface area contributed by atoms with Crippen molar-refractivity contribution >= 4 is 0 Å². The highest BCUT2D eigenvalue weighted by Gasteiger charge is 1.85. The number of unbranched alkanes of at least 4 members (excludes halogenated alkanes) is 2. The number of aliphatic hydroxyl groups is 1. The van der Waals surface area contributed by atoms with E-state index in [0.717, 1.165) is 13.0 Å². The number of hydrogen-bond donors (Lipinski definition) is 1. The largest absolute Gasteiger partial charge is 0.394 e. The van der Waals surface area contributed by atoms with Crippen LogP contribution in [0, 0.1) is 6.61 Å². The third-order valence-corrected chi connectivity index (χ3v) is 1.06. The van der Waals surface area contributed by atoms with Gasteiger partial charge in [-0.05, 0) is 6.42 Å². The van der Waals surface area contributed by atoms with Crippen LogP contribution in [0.25, 0.3) is 0 Å². The first-order valence-corrected chi connectivity index (χ1v) is 3.46. The average molecular weight is 131 g/mol. The fourth-order valence-electron chi connectivity index (χ4n) is 0.571. The predicted octanol–water partition coefficient (Wildman–Crippen LogP) is 1.35. The van der Waals surface area contributed by atoms with Gasteiger partial charge in [0.25, 0.3) is 0 Å². The average Bonchev–Trinajstić information content (AvgIpc) is 1.89. The van der Waals surface area contributed by atoms with Crippen molar-refractivity contribution in [1.82, 2.24) is 0 Å². The Labute approximate surface area is 56.8 Å². The summed E-state index contributed by atoms with van der Waals surface area (Å²) in [6.07, 6.45) is 3.51. The van der Waals surface area contributed by atoms with E-state index in [1.54, 1.807) is 0 Å². The zero-order valence-electron chi connectivity index (χ0n) is 5.97. The van der Waals surface area contributed by atoms with Crippen LogP contribution in [-0.4, -0.2) is 18.3 Å². The molecule has 0 aliphatic carbocycles. The van der Waals surface area contributed by atoms with Crippen molar-refractivity contribution < 1.29 is 9.84 Å². The van der Waals surface area contributed by atoms with Gasteiger partial charge in [0, 0.05) is 6.61 Å².